The van der Waals surface area contributed by atoms with Gasteiger partial charge < -0.3 is 14.3 Å². The monoisotopic (exact) mass is 258 g/mol. The lowest BCUT2D eigenvalue weighted by molar-refractivity contribution is -0.0478. The molecule has 4 heteroatoms. The zero-order valence-electron chi connectivity index (χ0n) is 10.6. The molecule has 0 amide bonds. The van der Waals surface area contributed by atoms with Gasteiger partial charge in [0.05, 0.1) is 24.2 Å². The largest absolute Gasteiger partial charge is 0.478 e. The minimum absolute atomic E-state index is 0.284. The summed E-state index contributed by atoms with van der Waals surface area (Å²) < 4.78 is 11.1. The number of hydrogen-bond acceptors (Lipinski definition) is 3. The lowest BCUT2D eigenvalue weighted by atomic mass is 9.76. The third-order valence-corrected chi connectivity index (χ3v) is 3.57. The van der Waals surface area contributed by atoms with Gasteiger partial charge in [0.15, 0.2) is 0 Å². The average molecular weight is 258 g/mol. The Morgan fingerprint density at radius 3 is 2.58 bits per heavy atom. The third-order valence-electron chi connectivity index (χ3n) is 3.57. The second kappa shape index (κ2) is 4.24. The Hall–Kier alpha value is -2.07. The highest BCUT2D eigenvalue weighted by molar-refractivity contribution is 5.87. The number of ether oxygens (including phenoxy) is 1. The van der Waals surface area contributed by atoms with Gasteiger partial charge in [0.2, 0.25) is 0 Å². The molecule has 0 saturated carbocycles. The maximum atomic E-state index is 11.1. The molecule has 0 spiro atoms. The first kappa shape index (κ1) is 12.0. The van der Waals surface area contributed by atoms with E-state index in [-0.39, 0.29) is 11.0 Å². The molecule has 3 rings (SSSR count). The van der Waals surface area contributed by atoms with Gasteiger partial charge in [0.1, 0.15) is 11.5 Å². The van der Waals surface area contributed by atoms with E-state index in [1.807, 2.05) is 25.1 Å². The maximum absolute atomic E-state index is 11.1. The van der Waals surface area contributed by atoms with Gasteiger partial charge in [-0.1, -0.05) is 12.1 Å². The molecule has 19 heavy (non-hydrogen) atoms. The molecule has 0 radical (unpaired) electrons. The molecule has 0 atom stereocenters. The molecule has 1 fully saturated rings. The van der Waals surface area contributed by atoms with Crippen molar-refractivity contribution < 1.29 is 19.1 Å². The Morgan fingerprint density at radius 1 is 1.26 bits per heavy atom. The van der Waals surface area contributed by atoms with Crippen molar-refractivity contribution in [2.45, 2.75) is 12.3 Å². The number of carboxylic acids is 1. The SMILES string of the molecule is Cc1ccc(C2(c3cccc(C(=O)O)c3)COC2)o1. The number of aromatic carboxylic acids is 1. The van der Waals surface area contributed by atoms with Gasteiger partial charge in [-0.05, 0) is 36.8 Å². The van der Waals surface area contributed by atoms with Gasteiger partial charge in [-0.2, -0.15) is 0 Å². The van der Waals surface area contributed by atoms with Crippen molar-refractivity contribution in [2.24, 2.45) is 0 Å². The molecule has 1 aliphatic heterocycles. The molecule has 1 N–H and O–H groups in total. The fraction of sp³-hybridized carbons (Fsp3) is 0.267. The zero-order chi connectivity index (χ0) is 13.5. The highest BCUT2D eigenvalue weighted by Crippen LogP contribution is 2.40. The van der Waals surface area contributed by atoms with E-state index in [1.165, 1.54) is 0 Å². The second-order valence-electron chi connectivity index (χ2n) is 4.87. The van der Waals surface area contributed by atoms with Crippen molar-refractivity contribution >= 4 is 5.97 Å². The number of carboxylic acid groups (broad SMARTS) is 1. The van der Waals surface area contributed by atoms with Gasteiger partial charge in [-0.3, -0.25) is 0 Å². The Morgan fingerprint density at radius 2 is 2.05 bits per heavy atom. The number of hydrogen-bond donors (Lipinski definition) is 1. The second-order valence-corrected chi connectivity index (χ2v) is 4.87. The summed E-state index contributed by atoms with van der Waals surface area (Å²) in [7, 11) is 0. The van der Waals surface area contributed by atoms with E-state index in [1.54, 1.807) is 18.2 Å². The lowest BCUT2D eigenvalue weighted by Gasteiger charge is -2.40. The van der Waals surface area contributed by atoms with Crippen LogP contribution in [0.25, 0.3) is 0 Å². The third kappa shape index (κ3) is 1.85. The Balaban J connectivity index is 2.07. The van der Waals surface area contributed by atoms with E-state index in [0.29, 0.717) is 13.2 Å². The molecule has 2 heterocycles. The fourth-order valence-electron chi connectivity index (χ4n) is 2.40. The smallest absolute Gasteiger partial charge is 0.335 e. The highest BCUT2D eigenvalue weighted by atomic mass is 16.5. The van der Waals surface area contributed by atoms with Gasteiger partial charge in [0, 0.05) is 0 Å². The van der Waals surface area contributed by atoms with Gasteiger partial charge in [0.25, 0.3) is 0 Å². The van der Waals surface area contributed by atoms with E-state index >= 15 is 0 Å². The van der Waals surface area contributed by atoms with Crippen LogP contribution in [-0.2, 0) is 10.2 Å². The van der Waals surface area contributed by atoms with Crippen molar-refractivity contribution in [2.75, 3.05) is 13.2 Å². The molecule has 0 unspecified atom stereocenters. The van der Waals surface area contributed by atoms with Crippen LogP contribution in [0.4, 0.5) is 0 Å². The van der Waals surface area contributed by atoms with Crippen LogP contribution in [0.3, 0.4) is 0 Å². The molecule has 1 aromatic heterocycles. The number of furan rings is 1. The molecule has 0 bridgehead atoms. The summed E-state index contributed by atoms with van der Waals surface area (Å²) in [6.45, 7) is 2.93. The maximum Gasteiger partial charge on any atom is 0.335 e. The molecule has 2 aromatic rings. The van der Waals surface area contributed by atoms with Crippen LogP contribution in [0.1, 0.15) is 27.4 Å². The Bertz CT molecular complexity index is 623. The summed E-state index contributed by atoms with van der Waals surface area (Å²) in [6.07, 6.45) is 0. The number of rotatable bonds is 3. The van der Waals surface area contributed by atoms with E-state index in [9.17, 15) is 4.79 Å². The predicted octanol–water partition coefficient (Wildman–Crippen LogP) is 2.60. The summed E-state index contributed by atoms with van der Waals surface area (Å²) >= 11 is 0. The molecule has 1 aromatic carbocycles. The van der Waals surface area contributed by atoms with Crippen LogP contribution in [0.15, 0.2) is 40.8 Å². The molecule has 1 aliphatic rings. The lowest BCUT2D eigenvalue weighted by Crippen LogP contribution is -2.47. The van der Waals surface area contributed by atoms with Crippen LogP contribution in [-0.4, -0.2) is 24.3 Å². The van der Waals surface area contributed by atoms with Crippen molar-refractivity contribution in [3.63, 3.8) is 0 Å². The van der Waals surface area contributed by atoms with E-state index in [4.69, 9.17) is 14.3 Å². The van der Waals surface area contributed by atoms with Crippen molar-refractivity contribution in [3.05, 3.63) is 59.0 Å². The number of benzene rings is 1. The minimum Gasteiger partial charge on any atom is -0.478 e. The van der Waals surface area contributed by atoms with Crippen LogP contribution in [0, 0.1) is 6.92 Å². The van der Waals surface area contributed by atoms with Crippen molar-refractivity contribution in [3.8, 4) is 0 Å². The molecule has 4 nitrogen and oxygen atoms in total. The minimum atomic E-state index is -0.923. The quantitative estimate of drug-likeness (QED) is 0.919. The van der Waals surface area contributed by atoms with Gasteiger partial charge in [-0.25, -0.2) is 4.79 Å². The van der Waals surface area contributed by atoms with Crippen LogP contribution in [0.5, 0.6) is 0 Å². The van der Waals surface area contributed by atoms with Crippen LogP contribution >= 0.6 is 0 Å². The number of carbonyl (C=O) groups is 1. The topological polar surface area (TPSA) is 59.7 Å². The van der Waals surface area contributed by atoms with Gasteiger partial charge >= 0.3 is 5.97 Å². The standard InChI is InChI=1S/C15H14O4/c1-10-5-6-13(19-10)15(8-18-9-15)12-4-2-3-11(7-12)14(16)17/h2-7H,8-9H2,1H3,(H,16,17). The van der Waals surface area contributed by atoms with Crippen molar-refractivity contribution in [1.82, 2.24) is 0 Å². The van der Waals surface area contributed by atoms with Crippen LogP contribution in [0.2, 0.25) is 0 Å². The highest BCUT2D eigenvalue weighted by Gasteiger charge is 2.45. The summed E-state index contributed by atoms with van der Waals surface area (Å²) in [4.78, 5) is 11.1. The molecular weight excluding hydrogens is 244 g/mol. The molecule has 0 aliphatic carbocycles. The summed E-state index contributed by atoms with van der Waals surface area (Å²) in [5.74, 6) is 0.752. The normalized spacial score (nSPS) is 16.9. The van der Waals surface area contributed by atoms with E-state index in [0.717, 1.165) is 17.1 Å². The molecule has 98 valence electrons. The predicted molar refractivity (Wildman–Crippen MR) is 68.4 cm³/mol. The summed E-state index contributed by atoms with van der Waals surface area (Å²) in [6, 6.07) is 10.8. The van der Waals surface area contributed by atoms with Crippen LogP contribution < -0.4 is 0 Å². The Kier molecular flexibility index (Phi) is 2.68. The van der Waals surface area contributed by atoms with E-state index < -0.39 is 5.97 Å². The van der Waals surface area contributed by atoms with Gasteiger partial charge in [-0.15, -0.1) is 0 Å². The molecule has 1 saturated heterocycles. The summed E-state index contributed by atoms with van der Waals surface area (Å²) in [5, 5.41) is 9.09. The average Bonchev–Trinajstić information content (AvgIpc) is 2.75. The van der Waals surface area contributed by atoms with E-state index in [2.05, 4.69) is 0 Å². The summed E-state index contributed by atoms with van der Waals surface area (Å²) in [5.41, 5.74) is 0.861. The fourth-order valence-corrected chi connectivity index (χ4v) is 2.40. The molecular formula is C15H14O4. The zero-order valence-corrected chi connectivity index (χ0v) is 10.6. The first-order chi connectivity index (χ1) is 9.12. The first-order valence-corrected chi connectivity index (χ1v) is 6.10. The van der Waals surface area contributed by atoms with Crippen molar-refractivity contribution in [1.29, 1.82) is 0 Å². The first-order valence-electron chi connectivity index (χ1n) is 6.10. The Labute approximate surface area is 110 Å². The number of aryl methyl sites for hydroxylation is 1.